The average molecular weight is 286 g/mol. The zero-order chi connectivity index (χ0) is 10.0. The molecule has 0 bridgehead atoms. The molecule has 66 valence electrons. The molecule has 0 aliphatic rings. The molecule has 0 saturated heterocycles. The lowest BCUT2D eigenvalue weighted by Crippen LogP contribution is -2.11. The molecule has 1 amide bonds. The summed E-state index contributed by atoms with van der Waals surface area (Å²) < 4.78 is 0.866. The van der Waals surface area contributed by atoms with Gasteiger partial charge >= 0.3 is 0 Å². The molecule has 0 aromatic heterocycles. The van der Waals surface area contributed by atoms with Crippen molar-refractivity contribution in [2.45, 2.75) is 6.92 Å². The van der Waals surface area contributed by atoms with Crippen molar-refractivity contribution >= 4 is 28.5 Å². The number of carbonyl (C=O) groups is 1. The molecule has 0 spiro atoms. The minimum Gasteiger partial charge on any atom is -0.366 e. The summed E-state index contributed by atoms with van der Waals surface area (Å²) in [6, 6.07) is 5.21. The van der Waals surface area contributed by atoms with Crippen LogP contribution in [0.4, 0.5) is 0 Å². The normalized spacial score (nSPS) is 9.31. The molecule has 1 aromatic rings. The molecule has 13 heavy (non-hydrogen) atoms. The molecule has 0 aliphatic carbocycles. The van der Waals surface area contributed by atoms with E-state index in [9.17, 15) is 4.79 Å². The number of nitriles is 1. The van der Waals surface area contributed by atoms with Crippen LogP contribution in [0.25, 0.3) is 0 Å². The lowest BCUT2D eigenvalue weighted by molar-refractivity contribution is 0.1000. The van der Waals surface area contributed by atoms with E-state index >= 15 is 0 Å². The van der Waals surface area contributed by atoms with E-state index in [1.165, 1.54) is 6.07 Å². The zero-order valence-corrected chi connectivity index (χ0v) is 9.12. The zero-order valence-electron chi connectivity index (χ0n) is 6.97. The molecule has 1 rings (SSSR count). The van der Waals surface area contributed by atoms with Crippen LogP contribution in [0.5, 0.6) is 0 Å². The van der Waals surface area contributed by atoms with E-state index < -0.39 is 5.91 Å². The van der Waals surface area contributed by atoms with Crippen LogP contribution in [0.1, 0.15) is 21.5 Å². The number of nitrogens with two attached hydrogens (primary N) is 1. The van der Waals surface area contributed by atoms with E-state index in [-0.39, 0.29) is 0 Å². The molecule has 0 fully saturated rings. The third-order valence-electron chi connectivity index (χ3n) is 1.66. The van der Waals surface area contributed by atoms with Crippen molar-refractivity contribution < 1.29 is 4.79 Å². The van der Waals surface area contributed by atoms with Crippen molar-refractivity contribution in [3.05, 3.63) is 32.4 Å². The summed E-state index contributed by atoms with van der Waals surface area (Å²) in [4.78, 5) is 10.8. The summed E-state index contributed by atoms with van der Waals surface area (Å²) in [5, 5.41) is 8.74. The smallest absolute Gasteiger partial charge is 0.248 e. The molecule has 0 atom stereocenters. The highest BCUT2D eigenvalue weighted by molar-refractivity contribution is 14.1. The van der Waals surface area contributed by atoms with Crippen LogP contribution in [0.2, 0.25) is 0 Å². The largest absolute Gasteiger partial charge is 0.366 e. The fourth-order valence-corrected chi connectivity index (χ4v) is 1.43. The van der Waals surface area contributed by atoms with Crippen LogP contribution in [0.15, 0.2) is 12.1 Å². The molecule has 0 unspecified atom stereocenters. The van der Waals surface area contributed by atoms with E-state index in [0.717, 1.165) is 9.13 Å². The number of rotatable bonds is 1. The van der Waals surface area contributed by atoms with E-state index in [1.54, 1.807) is 6.07 Å². The number of halogens is 1. The van der Waals surface area contributed by atoms with Gasteiger partial charge in [0.15, 0.2) is 0 Å². The number of amides is 1. The number of benzene rings is 1. The van der Waals surface area contributed by atoms with E-state index in [2.05, 4.69) is 22.6 Å². The fraction of sp³-hybridized carbons (Fsp3) is 0.111. The lowest BCUT2D eigenvalue weighted by atomic mass is 10.1. The first-order valence-electron chi connectivity index (χ1n) is 3.56. The first kappa shape index (κ1) is 9.99. The van der Waals surface area contributed by atoms with Crippen molar-refractivity contribution in [3.63, 3.8) is 0 Å². The first-order chi connectivity index (χ1) is 6.06. The molecule has 4 heteroatoms. The number of aryl methyl sites for hydroxylation is 1. The molecule has 0 heterocycles. The Morgan fingerprint density at radius 3 is 2.69 bits per heavy atom. The Kier molecular flexibility index (Phi) is 2.88. The van der Waals surface area contributed by atoms with Gasteiger partial charge < -0.3 is 5.73 Å². The van der Waals surface area contributed by atoms with Crippen LogP contribution >= 0.6 is 22.6 Å². The van der Waals surface area contributed by atoms with Gasteiger partial charge in [-0.25, -0.2) is 0 Å². The Balaban J connectivity index is 3.41. The Labute approximate surface area is 89.7 Å². The van der Waals surface area contributed by atoms with Crippen LogP contribution in [0, 0.1) is 21.8 Å². The van der Waals surface area contributed by atoms with Gasteiger partial charge in [-0.3, -0.25) is 4.79 Å². The van der Waals surface area contributed by atoms with Crippen molar-refractivity contribution in [2.24, 2.45) is 5.73 Å². The standard InChI is InChI=1S/C9H7IN2O/c1-5-2-6(9(12)13)3-7(4-11)8(5)10/h2-3H,1H3,(H2,12,13). The second kappa shape index (κ2) is 3.75. The minimum atomic E-state index is -0.504. The molecular weight excluding hydrogens is 279 g/mol. The van der Waals surface area contributed by atoms with E-state index in [0.29, 0.717) is 11.1 Å². The third kappa shape index (κ3) is 1.98. The first-order valence-corrected chi connectivity index (χ1v) is 4.64. The summed E-state index contributed by atoms with van der Waals surface area (Å²) in [5.41, 5.74) is 6.88. The van der Waals surface area contributed by atoms with Gasteiger partial charge in [0.25, 0.3) is 0 Å². The maximum absolute atomic E-state index is 10.8. The number of primary amides is 1. The molecule has 0 aliphatic heterocycles. The molecule has 3 nitrogen and oxygen atoms in total. The third-order valence-corrected chi connectivity index (χ3v) is 3.09. The highest BCUT2D eigenvalue weighted by atomic mass is 127. The van der Waals surface area contributed by atoms with Crippen LogP contribution in [-0.4, -0.2) is 5.91 Å². The molecular formula is C9H7IN2O. The number of carbonyl (C=O) groups excluding carboxylic acids is 1. The summed E-state index contributed by atoms with van der Waals surface area (Å²) in [7, 11) is 0. The van der Waals surface area contributed by atoms with Gasteiger partial charge in [0.2, 0.25) is 5.91 Å². The highest BCUT2D eigenvalue weighted by Gasteiger charge is 2.07. The second-order valence-corrected chi connectivity index (χ2v) is 3.71. The Hall–Kier alpha value is -1.09. The molecule has 0 saturated carbocycles. The minimum absolute atomic E-state index is 0.384. The number of hydrogen-bond acceptors (Lipinski definition) is 2. The molecule has 0 radical (unpaired) electrons. The molecule has 1 aromatic carbocycles. The van der Waals surface area contributed by atoms with Crippen molar-refractivity contribution in [2.75, 3.05) is 0 Å². The van der Waals surface area contributed by atoms with Crippen LogP contribution < -0.4 is 5.73 Å². The summed E-state index contributed by atoms with van der Waals surface area (Å²) in [6.45, 7) is 1.84. The van der Waals surface area contributed by atoms with Crippen molar-refractivity contribution in [3.8, 4) is 6.07 Å². The second-order valence-electron chi connectivity index (χ2n) is 2.63. The summed E-state index contributed by atoms with van der Waals surface area (Å²) in [5.74, 6) is -0.504. The van der Waals surface area contributed by atoms with E-state index in [4.69, 9.17) is 11.0 Å². The van der Waals surface area contributed by atoms with Crippen LogP contribution in [-0.2, 0) is 0 Å². The van der Waals surface area contributed by atoms with Gasteiger partial charge in [0, 0.05) is 9.13 Å². The monoisotopic (exact) mass is 286 g/mol. The topological polar surface area (TPSA) is 66.9 Å². The predicted octanol–water partition coefficient (Wildman–Crippen LogP) is 1.57. The number of hydrogen-bond donors (Lipinski definition) is 1. The predicted molar refractivity (Wildman–Crippen MR) is 57.1 cm³/mol. The Morgan fingerprint density at radius 1 is 1.62 bits per heavy atom. The van der Waals surface area contributed by atoms with Crippen LogP contribution in [0.3, 0.4) is 0 Å². The molecule has 2 N–H and O–H groups in total. The van der Waals surface area contributed by atoms with Gasteiger partial charge in [-0.05, 0) is 47.2 Å². The SMILES string of the molecule is Cc1cc(C(N)=O)cc(C#N)c1I. The fourth-order valence-electron chi connectivity index (χ4n) is 0.993. The van der Waals surface area contributed by atoms with Gasteiger partial charge in [-0.2, -0.15) is 5.26 Å². The Morgan fingerprint density at radius 2 is 2.23 bits per heavy atom. The lowest BCUT2D eigenvalue weighted by Gasteiger charge is -2.02. The maximum Gasteiger partial charge on any atom is 0.248 e. The van der Waals surface area contributed by atoms with Gasteiger partial charge in [0.1, 0.15) is 6.07 Å². The maximum atomic E-state index is 10.8. The van der Waals surface area contributed by atoms with E-state index in [1.807, 2.05) is 13.0 Å². The van der Waals surface area contributed by atoms with Crippen molar-refractivity contribution in [1.82, 2.24) is 0 Å². The number of nitrogens with zero attached hydrogens (tertiary/aromatic N) is 1. The van der Waals surface area contributed by atoms with Gasteiger partial charge in [-0.1, -0.05) is 0 Å². The summed E-state index contributed by atoms with van der Waals surface area (Å²) in [6.07, 6.45) is 0. The van der Waals surface area contributed by atoms with Gasteiger partial charge in [0.05, 0.1) is 5.56 Å². The average Bonchev–Trinajstić information content (AvgIpc) is 2.09. The Bertz CT molecular complexity index is 407. The van der Waals surface area contributed by atoms with Gasteiger partial charge in [-0.15, -0.1) is 0 Å². The highest BCUT2D eigenvalue weighted by Crippen LogP contribution is 2.18. The van der Waals surface area contributed by atoms with Crippen molar-refractivity contribution in [1.29, 1.82) is 5.26 Å². The summed E-state index contributed by atoms with van der Waals surface area (Å²) >= 11 is 2.07. The quantitative estimate of drug-likeness (QED) is 0.796.